The zero-order valence-electron chi connectivity index (χ0n) is 22.3. The van der Waals surface area contributed by atoms with Gasteiger partial charge in [0.1, 0.15) is 0 Å². The van der Waals surface area contributed by atoms with Crippen LogP contribution >= 0.6 is 23.2 Å². The second-order valence-corrected chi connectivity index (χ2v) is 12.3. The molecule has 1 amide bonds. The van der Waals surface area contributed by atoms with Crippen LogP contribution in [0, 0.1) is 0 Å². The maximum Gasteiger partial charge on any atom is 0.253 e. The number of hydrogen-bond acceptors (Lipinski definition) is 2. The second-order valence-electron chi connectivity index (χ2n) is 11.5. The quantitative estimate of drug-likeness (QED) is 0.298. The number of benzene rings is 3. The van der Waals surface area contributed by atoms with Gasteiger partial charge in [-0.3, -0.25) is 4.79 Å². The Hall–Kier alpha value is -2.33. The predicted molar refractivity (Wildman–Crippen MR) is 158 cm³/mol. The smallest absolute Gasteiger partial charge is 0.253 e. The Kier molecular flexibility index (Phi) is 8.47. The lowest BCUT2D eigenvalue weighted by Gasteiger charge is -2.44. The number of amides is 1. The van der Waals surface area contributed by atoms with E-state index in [1.165, 1.54) is 24.0 Å². The SMILES string of the molecule is CC1(c2ccccc2)CCN(CCCC2(c3ccc(Cl)c(Cl)c3)CCCN(C(=O)c3ccccc3)C2)CC1. The van der Waals surface area contributed by atoms with Gasteiger partial charge in [0.05, 0.1) is 10.0 Å². The van der Waals surface area contributed by atoms with E-state index < -0.39 is 0 Å². The molecule has 0 saturated carbocycles. The molecule has 2 aliphatic rings. The zero-order chi connectivity index (χ0) is 26.6. The molecule has 3 aromatic carbocycles. The van der Waals surface area contributed by atoms with E-state index in [-0.39, 0.29) is 16.7 Å². The van der Waals surface area contributed by atoms with Crippen LogP contribution in [0.5, 0.6) is 0 Å². The van der Waals surface area contributed by atoms with Gasteiger partial charge in [-0.25, -0.2) is 0 Å². The summed E-state index contributed by atoms with van der Waals surface area (Å²) in [7, 11) is 0. The molecule has 3 nitrogen and oxygen atoms in total. The van der Waals surface area contributed by atoms with Crippen LogP contribution in [-0.2, 0) is 10.8 Å². The van der Waals surface area contributed by atoms with Gasteiger partial charge in [0.25, 0.3) is 5.91 Å². The maximum atomic E-state index is 13.4. The summed E-state index contributed by atoms with van der Waals surface area (Å²) in [6.07, 6.45) is 6.53. The van der Waals surface area contributed by atoms with E-state index in [0.29, 0.717) is 16.6 Å². The Morgan fingerprint density at radius 1 is 0.816 bits per heavy atom. The van der Waals surface area contributed by atoms with E-state index >= 15 is 0 Å². The van der Waals surface area contributed by atoms with Crippen molar-refractivity contribution in [2.24, 2.45) is 0 Å². The van der Waals surface area contributed by atoms with Crippen LogP contribution in [0.25, 0.3) is 0 Å². The standard InChI is InChI=1S/C33H38Cl2N2O/c1-32(27-12-6-3-7-13-27)18-22-36(23-19-32)20-8-16-33(28-14-15-29(34)30(35)24-28)17-9-21-37(25-33)31(38)26-10-4-2-5-11-26/h2-7,10-15,24H,8-9,16-23,25H2,1H3. The first-order valence-electron chi connectivity index (χ1n) is 14.0. The molecule has 0 aromatic heterocycles. The number of hydrogen-bond donors (Lipinski definition) is 0. The van der Waals surface area contributed by atoms with E-state index in [1.54, 1.807) is 0 Å². The first kappa shape index (κ1) is 27.2. The fourth-order valence-corrected chi connectivity index (χ4v) is 6.82. The molecule has 2 fully saturated rings. The molecule has 2 saturated heterocycles. The minimum Gasteiger partial charge on any atom is -0.338 e. The van der Waals surface area contributed by atoms with Crippen molar-refractivity contribution in [3.05, 3.63) is 106 Å². The van der Waals surface area contributed by atoms with Crippen molar-refractivity contribution in [3.8, 4) is 0 Å². The lowest BCUT2D eigenvalue weighted by Crippen LogP contribution is -2.49. The Morgan fingerprint density at radius 2 is 1.50 bits per heavy atom. The molecule has 0 N–H and O–H groups in total. The Labute approximate surface area is 237 Å². The lowest BCUT2D eigenvalue weighted by molar-refractivity contribution is 0.0618. The van der Waals surface area contributed by atoms with Crippen LogP contribution in [0.3, 0.4) is 0 Å². The summed E-state index contributed by atoms with van der Waals surface area (Å²) in [5.74, 6) is 0.117. The number of rotatable bonds is 7. The van der Waals surface area contributed by atoms with Gasteiger partial charge in [-0.15, -0.1) is 0 Å². The zero-order valence-corrected chi connectivity index (χ0v) is 23.9. The molecule has 1 unspecified atom stereocenters. The van der Waals surface area contributed by atoms with E-state index in [1.807, 2.05) is 47.4 Å². The molecule has 3 aromatic rings. The van der Waals surface area contributed by atoms with Gasteiger partial charge in [0, 0.05) is 24.1 Å². The average Bonchev–Trinajstić information content (AvgIpc) is 2.96. The molecule has 5 rings (SSSR count). The van der Waals surface area contributed by atoms with Gasteiger partial charge < -0.3 is 9.80 Å². The third-order valence-corrected chi connectivity index (χ3v) is 9.72. The highest BCUT2D eigenvalue weighted by Crippen LogP contribution is 2.41. The van der Waals surface area contributed by atoms with Crippen molar-refractivity contribution in [2.75, 3.05) is 32.7 Å². The van der Waals surface area contributed by atoms with Gasteiger partial charge >= 0.3 is 0 Å². The van der Waals surface area contributed by atoms with Crippen molar-refractivity contribution in [1.82, 2.24) is 9.80 Å². The largest absolute Gasteiger partial charge is 0.338 e. The van der Waals surface area contributed by atoms with Crippen LogP contribution in [0.2, 0.25) is 10.0 Å². The van der Waals surface area contributed by atoms with Gasteiger partial charge in [-0.1, -0.05) is 84.7 Å². The van der Waals surface area contributed by atoms with Crippen molar-refractivity contribution in [3.63, 3.8) is 0 Å². The first-order chi connectivity index (χ1) is 18.4. The normalized spacial score (nSPS) is 21.8. The number of carbonyl (C=O) groups is 1. The van der Waals surface area contributed by atoms with E-state index in [9.17, 15) is 4.79 Å². The average molecular weight is 550 g/mol. The highest BCUT2D eigenvalue weighted by Gasteiger charge is 2.39. The summed E-state index contributed by atoms with van der Waals surface area (Å²) in [6.45, 7) is 7.26. The molecule has 0 aliphatic carbocycles. The van der Waals surface area contributed by atoms with Gasteiger partial charge in [-0.05, 0) is 99.0 Å². The molecule has 200 valence electrons. The third-order valence-electron chi connectivity index (χ3n) is 8.98. The second kappa shape index (κ2) is 11.8. The minimum absolute atomic E-state index is 0.117. The molecule has 2 heterocycles. The van der Waals surface area contributed by atoms with Gasteiger partial charge in [0.15, 0.2) is 0 Å². The molecular weight excluding hydrogens is 511 g/mol. The third kappa shape index (κ3) is 5.96. The van der Waals surface area contributed by atoms with E-state index in [2.05, 4.69) is 48.2 Å². The minimum atomic E-state index is -0.120. The molecule has 2 aliphatic heterocycles. The Bertz CT molecular complexity index is 1220. The lowest BCUT2D eigenvalue weighted by atomic mass is 9.70. The summed E-state index contributed by atoms with van der Waals surface area (Å²) in [4.78, 5) is 18.1. The highest BCUT2D eigenvalue weighted by molar-refractivity contribution is 6.42. The van der Waals surface area contributed by atoms with Crippen LogP contribution < -0.4 is 0 Å². The van der Waals surface area contributed by atoms with Crippen LogP contribution in [0.15, 0.2) is 78.9 Å². The number of halogens is 2. The van der Waals surface area contributed by atoms with Crippen molar-refractivity contribution >= 4 is 29.1 Å². The molecule has 0 bridgehead atoms. The number of nitrogens with zero attached hydrogens (tertiary/aromatic N) is 2. The number of piperidine rings is 2. The predicted octanol–water partition coefficient (Wildman–Crippen LogP) is 8.00. The maximum absolute atomic E-state index is 13.4. The van der Waals surface area contributed by atoms with E-state index in [0.717, 1.165) is 57.4 Å². The molecule has 1 atom stereocenters. The summed E-state index contributed by atoms with van der Waals surface area (Å²) in [5, 5.41) is 1.17. The van der Waals surface area contributed by atoms with Crippen LogP contribution in [0.4, 0.5) is 0 Å². The molecule has 0 spiro atoms. The van der Waals surface area contributed by atoms with Crippen LogP contribution in [0.1, 0.15) is 66.9 Å². The summed E-state index contributed by atoms with van der Waals surface area (Å²) in [5.41, 5.74) is 3.56. The molecule has 5 heteroatoms. The summed E-state index contributed by atoms with van der Waals surface area (Å²) < 4.78 is 0. The molecular formula is C33H38Cl2N2O. The molecule has 0 radical (unpaired) electrons. The summed E-state index contributed by atoms with van der Waals surface area (Å²) >= 11 is 12.8. The van der Waals surface area contributed by atoms with Crippen molar-refractivity contribution in [1.29, 1.82) is 0 Å². The first-order valence-corrected chi connectivity index (χ1v) is 14.7. The number of carbonyl (C=O) groups excluding carboxylic acids is 1. The summed E-state index contributed by atoms with van der Waals surface area (Å²) in [6, 6.07) is 26.7. The Morgan fingerprint density at radius 3 is 2.18 bits per heavy atom. The topological polar surface area (TPSA) is 23.6 Å². The monoisotopic (exact) mass is 548 g/mol. The molecule has 38 heavy (non-hydrogen) atoms. The van der Waals surface area contributed by atoms with E-state index in [4.69, 9.17) is 23.2 Å². The van der Waals surface area contributed by atoms with Gasteiger partial charge in [-0.2, -0.15) is 0 Å². The fourth-order valence-electron chi connectivity index (χ4n) is 6.52. The highest BCUT2D eigenvalue weighted by atomic mass is 35.5. The van der Waals surface area contributed by atoms with Crippen molar-refractivity contribution < 1.29 is 4.79 Å². The fraction of sp³-hybridized carbons (Fsp3) is 0.424. The van der Waals surface area contributed by atoms with Gasteiger partial charge in [0.2, 0.25) is 0 Å². The Balaban J connectivity index is 1.28. The van der Waals surface area contributed by atoms with Crippen molar-refractivity contribution in [2.45, 2.75) is 56.3 Å². The number of likely N-dealkylation sites (tertiary alicyclic amines) is 2. The van der Waals surface area contributed by atoms with Crippen LogP contribution in [-0.4, -0.2) is 48.4 Å².